The summed E-state index contributed by atoms with van der Waals surface area (Å²) >= 11 is 0. The molecule has 0 aromatic heterocycles. The molecule has 0 radical (unpaired) electrons. The number of hydrogen-bond donors (Lipinski definition) is 1. The van der Waals surface area contributed by atoms with Crippen LogP contribution >= 0.6 is 0 Å². The molecule has 214 valence electrons. The van der Waals surface area contributed by atoms with Gasteiger partial charge in [-0.15, -0.1) is 0 Å². The first-order valence-corrected chi connectivity index (χ1v) is 12.6. The third-order valence-electron chi connectivity index (χ3n) is 5.81. The van der Waals surface area contributed by atoms with Gasteiger partial charge in [-0.3, -0.25) is 0 Å². The molecule has 10 heteroatoms. The number of alkyl halides is 3. The normalized spacial score (nSPS) is 17.2. The van der Waals surface area contributed by atoms with Crippen LogP contribution in [0.4, 0.5) is 22.4 Å². The number of nitrogens with one attached hydrogen (secondary N) is 1. The largest absolute Gasteiger partial charge is 0.493 e. The number of ether oxygens (including phenoxy) is 4. The fraction of sp³-hybridized carbons (Fsp3) is 0.483. The monoisotopic (exact) mass is 553 g/mol. The second-order valence-corrected chi connectivity index (χ2v) is 10.9. The maximum absolute atomic E-state index is 13.9. The van der Waals surface area contributed by atoms with Crippen LogP contribution in [0.1, 0.15) is 57.7 Å². The van der Waals surface area contributed by atoms with Crippen molar-refractivity contribution < 1.29 is 41.3 Å². The Labute approximate surface area is 226 Å². The maximum Gasteiger partial charge on any atom is 0.419 e. The third kappa shape index (κ3) is 9.25. The van der Waals surface area contributed by atoms with Gasteiger partial charge in [-0.05, 0) is 76.8 Å². The van der Waals surface area contributed by atoms with Crippen molar-refractivity contribution in [3.8, 4) is 5.75 Å². The van der Waals surface area contributed by atoms with Crippen molar-refractivity contribution >= 4 is 12.2 Å². The van der Waals surface area contributed by atoms with Crippen LogP contribution in [0.15, 0.2) is 48.5 Å². The minimum absolute atomic E-state index is 0.0139. The summed E-state index contributed by atoms with van der Waals surface area (Å²) in [6.07, 6.45) is -1.71. The van der Waals surface area contributed by atoms with Crippen LogP contribution in [-0.2, 0) is 26.8 Å². The van der Waals surface area contributed by atoms with E-state index in [0.29, 0.717) is 18.4 Å². The lowest BCUT2D eigenvalue weighted by Gasteiger charge is -2.42. The molecule has 1 aliphatic heterocycles. The molecule has 0 saturated carbocycles. The van der Waals surface area contributed by atoms with Gasteiger partial charge in [0.1, 0.15) is 22.7 Å². The third-order valence-corrected chi connectivity index (χ3v) is 5.81. The van der Waals surface area contributed by atoms with Crippen LogP contribution in [0, 0.1) is 5.82 Å². The van der Waals surface area contributed by atoms with Crippen molar-refractivity contribution in [1.82, 2.24) is 5.32 Å². The molecule has 2 aromatic rings. The average Bonchev–Trinajstić information content (AvgIpc) is 2.82. The molecule has 0 atom stereocenters. The number of carbonyl (C=O) groups excluding carboxylic acids is 1. The van der Waals surface area contributed by atoms with Crippen molar-refractivity contribution in [2.24, 2.45) is 0 Å². The summed E-state index contributed by atoms with van der Waals surface area (Å²) in [6, 6.07) is 9.94. The second-order valence-electron chi connectivity index (χ2n) is 10.9. The predicted octanol–water partition coefficient (Wildman–Crippen LogP) is 6.92. The van der Waals surface area contributed by atoms with Gasteiger partial charge in [0.05, 0.1) is 25.4 Å². The van der Waals surface area contributed by atoms with E-state index in [1.165, 1.54) is 30.4 Å². The average molecular weight is 554 g/mol. The number of aryl methyl sites for hydroxylation is 1. The van der Waals surface area contributed by atoms with E-state index in [2.05, 4.69) is 5.32 Å². The Balaban J connectivity index is 1.76. The number of alkyl carbamates (subject to hydrolysis) is 1. The first-order chi connectivity index (χ1) is 18.1. The Kier molecular flexibility index (Phi) is 9.33. The van der Waals surface area contributed by atoms with Crippen molar-refractivity contribution in [2.75, 3.05) is 19.8 Å². The first kappa shape index (κ1) is 30.4. The Bertz CT molecular complexity index is 1160. The molecule has 1 N–H and O–H groups in total. The molecule has 0 bridgehead atoms. The minimum Gasteiger partial charge on any atom is -0.493 e. The molecular formula is C29H35F4NO5. The zero-order valence-corrected chi connectivity index (χ0v) is 22.8. The molecule has 0 aliphatic carbocycles. The first-order valence-electron chi connectivity index (χ1n) is 12.6. The van der Waals surface area contributed by atoms with Gasteiger partial charge in [0, 0.05) is 0 Å². The van der Waals surface area contributed by atoms with Crippen molar-refractivity contribution in [3.05, 3.63) is 71.0 Å². The molecular weight excluding hydrogens is 518 g/mol. The van der Waals surface area contributed by atoms with E-state index in [1.807, 2.05) is 0 Å². The summed E-state index contributed by atoms with van der Waals surface area (Å²) in [5.74, 6) is -1.57. The zero-order chi connectivity index (χ0) is 28.9. The highest BCUT2D eigenvalue weighted by Gasteiger charge is 2.41. The second kappa shape index (κ2) is 12.0. The van der Waals surface area contributed by atoms with Gasteiger partial charge < -0.3 is 24.3 Å². The Morgan fingerprint density at radius 2 is 1.74 bits per heavy atom. The lowest BCUT2D eigenvalue weighted by molar-refractivity contribution is -0.263. The highest BCUT2D eigenvalue weighted by molar-refractivity contribution is 5.70. The van der Waals surface area contributed by atoms with Crippen molar-refractivity contribution in [2.45, 2.75) is 70.6 Å². The highest BCUT2D eigenvalue weighted by atomic mass is 19.4. The summed E-state index contributed by atoms with van der Waals surface area (Å²) in [7, 11) is 0. The van der Waals surface area contributed by atoms with E-state index in [1.54, 1.807) is 52.8 Å². The fourth-order valence-electron chi connectivity index (χ4n) is 3.81. The molecule has 2 aromatic carbocycles. The molecule has 1 saturated heterocycles. The van der Waals surface area contributed by atoms with E-state index in [4.69, 9.17) is 18.9 Å². The fourth-order valence-corrected chi connectivity index (χ4v) is 3.81. The zero-order valence-electron chi connectivity index (χ0n) is 22.8. The Hall–Kier alpha value is -3.11. The molecule has 3 rings (SSSR count). The molecule has 6 nitrogen and oxygen atoms in total. The predicted molar refractivity (Wildman–Crippen MR) is 139 cm³/mol. The van der Waals surface area contributed by atoms with Gasteiger partial charge in [-0.2, -0.15) is 13.2 Å². The van der Waals surface area contributed by atoms with Crippen LogP contribution in [0.3, 0.4) is 0 Å². The lowest BCUT2D eigenvalue weighted by Crippen LogP contribution is -2.60. The highest BCUT2D eigenvalue weighted by Crippen LogP contribution is 2.37. The summed E-state index contributed by atoms with van der Waals surface area (Å²) < 4.78 is 77.6. The molecule has 0 spiro atoms. The number of hydrogen-bond acceptors (Lipinski definition) is 5. The van der Waals surface area contributed by atoms with Gasteiger partial charge in [0.15, 0.2) is 5.79 Å². The van der Waals surface area contributed by atoms with E-state index in [0.717, 1.165) is 6.07 Å². The number of rotatable bonds is 8. The number of carbonyl (C=O) groups is 1. The van der Waals surface area contributed by atoms with Gasteiger partial charge in [-0.1, -0.05) is 36.4 Å². The standard InChI is InChI=1S/C29H35F4NO5/c1-26(2,3)39-25(35)34-28(18-37-27(4,5)38-19-28)15-14-20-12-13-24(22(17-20)29(31,32)33)36-16-8-10-21-9-6-7-11-23(21)30/h6-7,9,11-15,17H,8,10,16,18-19H2,1-5H3,(H,34,35). The van der Waals surface area contributed by atoms with Crippen LogP contribution < -0.4 is 10.1 Å². The summed E-state index contributed by atoms with van der Waals surface area (Å²) in [5.41, 5.74) is -2.15. The van der Waals surface area contributed by atoms with Crippen molar-refractivity contribution in [3.63, 3.8) is 0 Å². The topological polar surface area (TPSA) is 66.0 Å². The van der Waals surface area contributed by atoms with E-state index < -0.39 is 34.8 Å². The molecule has 1 heterocycles. The number of benzene rings is 2. The molecule has 1 amide bonds. The van der Waals surface area contributed by atoms with Crippen LogP contribution in [0.5, 0.6) is 5.75 Å². The molecule has 1 fully saturated rings. The van der Waals surface area contributed by atoms with E-state index >= 15 is 0 Å². The van der Waals surface area contributed by atoms with E-state index in [9.17, 15) is 22.4 Å². The summed E-state index contributed by atoms with van der Waals surface area (Å²) in [5, 5.41) is 2.73. The van der Waals surface area contributed by atoms with Crippen LogP contribution in [-0.4, -0.2) is 42.8 Å². The smallest absolute Gasteiger partial charge is 0.419 e. The minimum atomic E-state index is -4.67. The van der Waals surface area contributed by atoms with Gasteiger partial charge in [0.2, 0.25) is 0 Å². The molecule has 39 heavy (non-hydrogen) atoms. The van der Waals surface area contributed by atoms with Gasteiger partial charge in [-0.25, -0.2) is 9.18 Å². The maximum atomic E-state index is 13.9. The number of amides is 1. The molecule has 1 aliphatic rings. The van der Waals surface area contributed by atoms with Gasteiger partial charge >= 0.3 is 12.3 Å². The van der Waals surface area contributed by atoms with Crippen LogP contribution in [0.2, 0.25) is 0 Å². The SMILES string of the molecule is CC(C)(C)OC(=O)NC1(C=Cc2ccc(OCCCc3ccccc3F)c(C(F)(F)F)c2)COC(C)(C)OC1. The summed E-state index contributed by atoms with van der Waals surface area (Å²) in [4.78, 5) is 12.5. The Morgan fingerprint density at radius 1 is 1.08 bits per heavy atom. The summed E-state index contributed by atoms with van der Waals surface area (Å²) in [6.45, 7) is 8.62. The van der Waals surface area contributed by atoms with Gasteiger partial charge in [0.25, 0.3) is 0 Å². The van der Waals surface area contributed by atoms with Crippen LogP contribution in [0.25, 0.3) is 6.08 Å². The van der Waals surface area contributed by atoms with Crippen molar-refractivity contribution in [1.29, 1.82) is 0 Å². The number of halogens is 4. The quantitative estimate of drug-likeness (QED) is 0.284. The van der Waals surface area contributed by atoms with E-state index in [-0.39, 0.29) is 37.0 Å². The molecule has 0 unspecified atom stereocenters. The Morgan fingerprint density at radius 3 is 2.36 bits per heavy atom. The lowest BCUT2D eigenvalue weighted by atomic mass is 9.97.